The molecule has 7 heteroatoms. The molecule has 1 aromatic heterocycles. The number of thioether (sulfide) groups is 1. The Morgan fingerprint density at radius 2 is 1.97 bits per heavy atom. The number of ether oxygens (including phenoxy) is 1. The predicted octanol–water partition coefficient (Wildman–Crippen LogP) is 4.24. The lowest BCUT2D eigenvalue weighted by Crippen LogP contribution is -2.31. The molecule has 1 amide bonds. The van der Waals surface area contributed by atoms with Crippen molar-refractivity contribution in [2.75, 3.05) is 11.9 Å². The van der Waals surface area contributed by atoms with Crippen LogP contribution in [0.15, 0.2) is 58.5 Å². The highest BCUT2D eigenvalue weighted by atomic mass is 32.2. The second-order valence-corrected chi connectivity index (χ2v) is 8.18. The highest BCUT2D eigenvalue weighted by Gasteiger charge is 2.31. The minimum Gasteiger partial charge on any atom is -0.494 e. The summed E-state index contributed by atoms with van der Waals surface area (Å²) in [5.41, 5.74) is 3.47. The molecule has 3 aromatic rings. The van der Waals surface area contributed by atoms with E-state index in [-0.39, 0.29) is 23.8 Å². The zero-order valence-corrected chi connectivity index (χ0v) is 17.7. The van der Waals surface area contributed by atoms with Gasteiger partial charge in [-0.3, -0.25) is 9.59 Å². The number of aryl methyl sites for hydroxylation is 1. The summed E-state index contributed by atoms with van der Waals surface area (Å²) in [4.78, 5) is 32.7. The maximum Gasteiger partial charge on any atom is 0.257 e. The highest BCUT2D eigenvalue weighted by Crippen LogP contribution is 2.35. The van der Waals surface area contributed by atoms with Crippen LogP contribution in [0.3, 0.4) is 0 Å². The van der Waals surface area contributed by atoms with E-state index >= 15 is 0 Å². The summed E-state index contributed by atoms with van der Waals surface area (Å²) in [6, 6.07) is 15.8. The van der Waals surface area contributed by atoms with Gasteiger partial charge in [0.15, 0.2) is 5.16 Å². The van der Waals surface area contributed by atoms with Crippen LogP contribution in [-0.4, -0.2) is 22.5 Å². The molecule has 0 saturated heterocycles. The minimum absolute atomic E-state index is 0.151. The molecular formula is C23H23N3O3S. The molecule has 154 valence electrons. The van der Waals surface area contributed by atoms with Crippen molar-refractivity contribution in [2.24, 2.45) is 0 Å². The Balaban J connectivity index is 1.63. The molecule has 0 radical (unpaired) electrons. The molecule has 6 nitrogen and oxygen atoms in total. The maximum atomic E-state index is 13.0. The van der Waals surface area contributed by atoms with Crippen molar-refractivity contribution >= 4 is 23.5 Å². The number of aromatic nitrogens is 2. The van der Waals surface area contributed by atoms with Gasteiger partial charge < -0.3 is 15.0 Å². The average Bonchev–Trinajstić information content (AvgIpc) is 2.73. The summed E-state index contributed by atoms with van der Waals surface area (Å²) >= 11 is 1.44. The Morgan fingerprint density at radius 1 is 1.17 bits per heavy atom. The first-order valence-corrected chi connectivity index (χ1v) is 10.9. The lowest BCUT2D eigenvalue weighted by molar-refractivity contribution is -0.116. The number of rotatable bonds is 6. The van der Waals surface area contributed by atoms with E-state index in [1.54, 1.807) is 0 Å². The number of fused-ring (bicyclic) bond motifs is 1. The molecule has 2 heterocycles. The predicted molar refractivity (Wildman–Crippen MR) is 118 cm³/mol. The van der Waals surface area contributed by atoms with Gasteiger partial charge >= 0.3 is 0 Å². The van der Waals surface area contributed by atoms with Crippen molar-refractivity contribution in [1.82, 2.24) is 9.97 Å². The van der Waals surface area contributed by atoms with Crippen molar-refractivity contribution < 1.29 is 9.53 Å². The van der Waals surface area contributed by atoms with Gasteiger partial charge in [0.1, 0.15) is 11.6 Å². The zero-order valence-electron chi connectivity index (χ0n) is 16.9. The van der Waals surface area contributed by atoms with E-state index in [1.807, 2.05) is 38.1 Å². The molecular weight excluding hydrogens is 398 g/mol. The van der Waals surface area contributed by atoms with E-state index < -0.39 is 0 Å². The Kier molecular flexibility index (Phi) is 5.90. The van der Waals surface area contributed by atoms with Crippen LogP contribution < -0.4 is 15.6 Å². The van der Waals surface area contributed by atoms with Crippen LogP contribution in [0, 0.1) is 6.92 Å². The summed E-state index contributed by atoms with van der Waals surface area (Å²) in [7, 11) is 0. The number of H-pyrrole nitrogens is 1. The van der Waals surface area contributed by atoms with E-state index in [4.69, 9.17) is 4.74 Å². The minimum atomic E-state index is -0.360. The summed E-state index contributed by atoms with van der Waals surface area (Å²) in [5.74, 6) is 1.23. The van der Waals surface area contributed by atoms with Gasteiger partial charge in [-0.05, 0) is 37.1 Å². The van der Waals surface area contributed by atoms with Crippen LogP contribution in [0.2, 0.25) is 0 Å². The topological polar surface area (TPSA) is 84.1 Å². The zero-order chi connectivity index (χ0) is 21.1. The Morgan fingerprint density at radius 3 is 2.73 bits per heavy atom. The van der Waals surface area contributed by atoms with Crippen LogP contribution in [0.5, 0.6) is 5.75 Å². The fourth-order valence-electron chi connectivity index (χ4n) is 3.53. The van der Waals surface area contributed by atoms with E-state index in [9.17, 15) is 9.59 Å². The quantitative estimate of drug-likeness (QED) is 0.459. The van der Waals surface area contributed by atoms with Gasteiger partial charge in [0.25, 0.3) is 5.56 Å². The van der Waals surface area contributed by atoms with Crippen molar-refractivity contribution in [1.29, 1.82) is 0 Å². The Bertz CT molecular complexity index is 1130. The molecule has 2 N–H and O–H groups in total. The molecule has 0 aliphatic carbocycles. The normalized spacial score (nSPS) is 15.4. The van der Waals surface area contributed by atoms with Crippen molar-refractivity contribution in [3.63, 3.8) is 0 Å². The van der Waals surface area contributed by atoms with Crippen LogP contribution in [0.1, 0.15) is 41.5 Å². The van der Waals surface area contributed by atoms with Crippen LogP contribution in [0.25, 0.3) is 0 Å². The third-order valence-corrected chi connectivity index (χ3v) is 5.94. The fourth-order valence-corrected chi connectivity index (χ4v) is 4.34. The van der Waals surface area contributed by atoms with Crippen molar-refractivity contribution in [3.05, 3.63) is 81.1 Å². The molecule has 0 saturated carbocycles. The molecule has 0 unspecified atom stereocenters. The number of aromatic amines is 1. The number of hydrogen-bond donors (Lipinski definition) is 2. The third kappa shape index (κ3) is 4.41. The van der Waals surface area contributed by atoms with E-state index in [0.717, 1.165) is 16.9 Å². The summed E-state index contributed by atoms with van der Waals surface area (Å²) in [6.45, 7) is 4.51. The number of anilines is 1. The standard InChI is InChI=1S/C23H23N3O3S/c1-3-29-17-6-4-5-16(11-17)18-12-19(27)24-21-20(18)22(28)26-23(25-21)30-13-15-9-7-14(2)8-10-15/h4-11,18H,3,12-13H2,1-2H3,(H2,24,25,26,27,28)/t18-/m0/s1. The van der Waals surface area contributed by atoms with E-state index in [0.29, 0.717) is 28.9 Å². The smallest absolute Gasteiger partial charge is 0.257 e. The van der Waals surface area contributed by atoms with Gasteiger partial charge in [0.05, 0.1) is 12.2 Å². The lowest BCUT2D eigenvalue weighted by Gasteiger charge is -2.24. The van der Waals surface area contributed by atoms with Gasteiger partial charge in [-0.25, -0.2) is 4.98 Å². The van der Waals surface area contributed by atoms with Crippen molar-refractivity contribution in [2.45, 2.75) is 37.1 Å². The van der Waals surface area contributed by atoms with E-state index in [2.05, 4.69) is 39.6 Å². The van der Waals surface area contributed by atoms with Crippen LogP contribution in [-0.2, 0) is 10.5 Å². The molecule has 0 bridgehead atoms. The van der Waals surface area contributed by atoms with Gasteiger partial charge in [0, 0.05) is 18.1 Å². The highest BCUT2D eigenvalue weighted by molar-refractivity contribution is 7.98. The molecule has 1 aliphatic rings. The first kappa shape index (κ1) is 20.2. The molecule has 0 spiro atoms. The molecule has 30 heavy (non-hydrogen) atoms. The molecule has 4 rings (SSSR count). The number of benzene rings is 2. The third-order valence-electron chi connectivity index (χ3n) is 5.00. The number of nitrogens with zero attached hydrogens (tertiary/aromatic N) is 1. The van der Waals surface area contributed by atoms with E-state index in [1.165, 1.54) is 17.3 Å². The first-order valence-electron chi connectivity index (χ1n) is 9.88. The van der Waals surface area contributed by atoms with Gasteiger partial charge in [0.2, 0.25) is 5.91 Å². The fraction of sp³-hybridized carbons (Fsp3) is 0.261. The first-order chi connectivity index (χ1) is 14.5. The second-order valence-electron chi connectivity index (χ2n) is 7.22. The van der Waals surface area contributed by atoms with Gasteiger partial charge in [-0.1, -0.05) is 53.7 Å². The second kappa shape index (κ2) is 8.75. The van der Waals surface area contributed by atoms with Crippen LogP contribution in [0.4, 0.5) is 5.82 Å². The summed E-state index contributed by atoms with van der Waals surface area (Å²) < 4.78 is 5.58. The maximum absolute atomic E-state index is 13.0. The summed E-state index contributed by atoms with van der Waals surface area (Å²) in [5, 5.41) is 3.26. The molecule has 1 aliphatic heterocycles. The number of nitrogens with one attached hydrogen (secondary N) is 2. The number of hydrogen-bond acceptors (Lipinski definition) is 5. The molecule has 1 atom stereocenters. The number of carbonyl (C=O) groups is 1. The summed E-state index contributed by atoms with van der Waals surface area (Å²) in [6.07, 6.45) is 0.198. The average molecular weight is 422 g/mol. The number of amides is 1. The lowest BCUT2D eigenvalue weighted by atomic mass is 9.87. The Hall–Kier alpha value is -3.06. The number of carbonyl (C=O) groups excluding carboxylic acids is 1. The largest absolute Gasteiger partial charge is 0.494 e. The van der Waals surface area contributed by atoms with Crippen LogP contribution >= 0.6 is 11.8 Å². The monoisotopic (exact) mass is 421 g/mol. The van der Waals surface area contributed by atoms with Gasteiger partial charge in [-0.2, -0.15) is 0 Å². The SMILES string of the molecule is CCOc1cccc([C@@H]2CC(=O)Nc3nc(SCc4ccc(C)cc4)[nH]c(=O)c32)c1. The van der Waals surface area contributed by atoms with Crippen molar-refractivity contribution in [3.8, 4) is 5.75 Å². The Labute approximate surface area is 179 Å². The molecule has 2 aromatic carbocycles. The molecule has 0 fully saturated rings. The van der Waals surface area contributed by atoms with Gasteiger partial charge in [-0.15, -0.1) is 0 Å².